The fourth-order valence-corrected chi connectivity index (χ4v) is 2.13. The van der Waals surface area contributed by atoms with Gasteiger partial charge in [-0.05, 0) is 31.6 Å². The molecular formula is C16H33IN4O3. The molecule has 0 radical (unpaired) electrons. The Kier molecular flexibility index (Phi) is 12.4. The molecule has 0 heterocycles. The monoisotopic (exact) mass is 456 g/mol. The SMILES string of the molecule is CCOCCC1(CNC(=NCC(=O)N(C)C)NCCOC)CC1.I. The summed E-state index contributed by atoms with van der Waals surface area (Å²) in [6, 6.07) is 0. The molecule has 1 saturated carbocycles. The van der Waals surface area contributed by atoms with Crippen molar-refractivity contribution < 1.29 is 14.3 Å². The Hall–Kier alpha value is -0.610. The summed E-state index contributed by atoms with van der Waals surface area (Å²) in [4.78, 5) is 17.6. The molecular weight excluding hydrogens is 423 g/mol. The smallest absolute Gasteiger partial charge is 0.243 e. The zero-order valence-corrected chi connectivity index (χ0v) is 17.7. The number of carbonyl (C=O) groups is 1. The minimum absolute atomic E-state index is 0. The van der Waals surface area contributed by atoms with Crippen molar-refractivity contribution in [3.8, 4) is 0 Å². The fraction of sp³-hybridized carbons (Fsp3) is 0.875. The Morgan fingerprint density at radius 1 is 1.25 bits per heavy atom. The third-order valence-corrected chi connectivity index (χ3v) is 4.04. The van der Waals surface area contributed by atoms with Gasteiger partial charge in [0.2, 0.25) is 5.91 Å². The van der Waals surface area contributed by atoms with E-state index in [0.717, 1.165) is 26.2 Å². The molecule has 2 N–H and O–H groups in total. The lowest BCUT2D eigenvalue weighted by Crippen LogP contribution is -2.42. The van der Waals surface area contributed by atoms with Gasteiger partial charge < -0.3 is 25.0 Å². The van der Waals surface area contributed by atoms with Crippen molar-refractivity contribution in [2.24, 2.45) is 10.4 Å². The molecule has 0 aliphatic heterocycles. The van der Waals surface area contributed by atoms with E-state index in [1.165, 1.54) is 12.8 Å². The number of nitrogens with one attached hydrogen (secondary N) is 2. The maximum Gasteiger partial charge on any atom is 0.243 e. The highest BCUT2D eigenvalue weighted by Gasteiger charge is 2.41. The third-order valence-electron chi connectivity index (χ3n) is 4.04. The first-order valence-corrected chi connectivity index (χ1v) is 8.32. The Labute approximate surface area is 162 Å². The summed E-state index contributed by atoms with van der Waals surface area (Å²) in [5, 5.41) is 6.55. The lowest BCUT2D eigenvalue weighted by atomic mass is 10.0. The molecule has 8 heteroatoms. The first-order valence-electron chi connectivity index (χ1n) is 8.32. The van der Waals surface area contributed by atoms with Gasteiger partial charge >= 0.3 is 0 Å². The summed E-state index contributed by atoms with van der Waals surface area (Å²) >= 11 is 0. The fourth-order valence-electron chi connectivity index (χ4n) is 2.13. The number of nitrogens with zero attached hydrogens (tertiary/aromatic N) is 2. The van der Waals surface area contributed by atoms with Crippen LogP contribution < -0.4 is 10.6 Å². The van der Waals surface area contributed by atoms with Gasteiger partial charge in [0, 0.05) is 47.5 Å². The quantitative estimate of drug-likeness (QED) is 0.211. The van der Waals surface area contributed by atoms with E-state index in [4.69, 9.17) is 9.47 Å². The van der Waals surface area contributed by atoms with Gasteiger partial charge in [-0.2, -0.15) is 0 Å². The van der Waals surface area contributed by atoms with Crippen LogP contribution in [0.1, 0.15) is 26.2 Å². The van der Waals surface area contributed by atoms with E-state index in [1.807, 2.05) is 6.92 Å². The molecule has 24 heavy (non-hydrogen) atoms. The number of likely N-dealkylation sites (N-methyl/N-ethyl adjacent to an activating group) is 1. The van der Waals surface area contributed by atoms with Crippen LogP contribution in [0.25, 0.3) is 0 Å². The second kappa shape index (κ2) is 12.7. The number of halogens is 1. The summed E-state index contributed by atoms with van der Waals surface area (Å²) in [6.45, 7) is 5.84. The highest BCUT2D eigenvalue weighted by atomic mass is 127. The zero-order valence-electron chi connectivity index (χ0n) is 15.4. The standard InChI is InChI=1S/C16H32N4O3.HI/c1-5-23-10-8-16(6-7-16)13-19-15(17-9-11-22-4)18-12-14(21)20(2)3;/h5-13H2,1-4H3,(H2,17,18,19);1H. The van der Waals surface area contributed by atoms with Gasteiger partial charge in [0.05, 0.1) is 6.61 Å². The zero-order chi connectivity index (χ0) is 17.1. The van der Waals surface area contributed by atoms with E-state index in [9.17, 15) is 4.79 Å². The molecule has 0 spiro atoms. The number of rotatable bonds is 11. The molecule has 0 unspecified atom stereocenters. The predicted octanol–water partition coefficient (Wildman–Crippen LogP) is 1.08. The van der Waals surface area contributed by atoms with Crippen molar-refractivity contribution in [3.63, 3.8) is 0 Å². The van der Waals surface area contributed by atoms with Gasteiger partial charge in [0.1, 0.15) is 6.54 Å². The van der Waals surface area contributed by atoms with E-state index in [1.54, 1.807) is 26.1 Å². The molecule has 0 bridgehead atoms. The van der Waals surface area contributed by atoms with Crippen LogP contribution in [0.3, 0.4) is 0 Å². The van der Waals surface area contributed by atoms with Crippen LogP contribution in [0.5, 0.6) is 0 Å². The lowest BCUT2D eigenvalue weighted by molar-refractivity contribution is -0.127. The minimum Gasteiger partial charge on any atom is -0.383 e. The molecule has 142 valence electrons. The molecule has 1 aliphatic carbocycles. The van der Waals surface area contributed by atoms with Gasteiger partial charge in [-0.3, -0.25) is 4.79 Å². The van der Waals surface area contributed by atoms with E-state index in [0.29, 0.717) is 24.5 Å². The van der Waals surface area contributed by atoms with Crippen LogP contribution in [0.4, 0.5) is 0 Å². The van der Waals surface area contributed by atoms with Crippen molar-refractivity contribution in [1.29, 1.82) is 0 Å². The molecule has 0 aromatic rings. The second-order valence-corrected chi connectivity index (χ2v) is 6.17. The summed E-state index contributed by atoms with van der Waals surface area (Å²) in [5.41, 5.74) is 0.324. The third kappa shape index (κ3) is 9.63. The highest BCUT2D eigenvalue weighted by molar-refractivity contribution is 14.0. The average molecular weight is 456 g/mol. The summed E-state index contributed by atoms with van der Waals surface area (Å²) < 4.78 is 10.5. The number of methoxy groups -OCH3 is 1. The number of hydrogen-bond acceptors (Lipinski definition) is 4. The first kappa shape index (κ1) is 23.4. The largest absolute Gasteiger partial charge is 0.383 e. The Balaban J connectivity index is 0.00000529. The van der Waals surface area contributed by atoms with Crippen LogP contribution >= 0.6 is 24.0 Å². The molecule has 1 amide bonds. The Morgan fingerprint density at radius 3 is 2.50 bits per heavy atom. The molecule has 1 rings (SSSR count). The Morgan fingerprint density at radius 2 is 1.96 bits per heavy atom. The van der Waals surface area contributed by atoms with Crippen molar-refractivity contribution in [2.75, 3.05) is 60.7 Å². The molecule has 0 atom stereocenters. The molecule has 1 fully saturated rings. The van der Waals surface area contributed by atoms with E-state index in [2.05, 4.69) is 15.6 Å². The maximum absolute atomic E-state index is 11.7. The van der Waals surface area contributed by atoms with Gasteiger partial charge in [0.15, 0.2) is 5.96 Å². The summed E-state index contributed by atoms with van der Waals surface area (Å²) in [5.74, 6) is 0.648. The summed E-state index contributed by atoms with van der Waals surface area (Å²) in [7, 11) is 5.13. The van der Waals surface area contributed by atoms with Crippen molar-refractivity contribution in [1.82, 2.24) is 15.5 Å². The van der Waals surface area contributed by atoms with Gasteiger partial charge in [-0.15, -0.1) is 24.0 Å². The predicted molar refractivity (Wildman–Crippen MR) is 107 cm³/mol. The van der Waals surface area contributed by atoms with Crippen LogP contribution in [-0.4, -0.2) is 77.4 Å². The van der Waals surface area contributed by atoms with Crippen LogP contribution in [0.2, 0.25) is 0 Å². The number of amides is 1. The summed E-state index contributed by atoms with van der Waals surface area (Å²) in [6.07, 6.45) is 3.50. The first-order chi connectivity index (χ1) is 11.0. The number of guanidine groups is 1. The van der Waals surface area contributed by atoms with Crippen molar-refractivity contribution in [2.45, 2.75) is 26.2 Å². The van der Waals surface area contributed by atoms with E-state index < -0.39 is 0 Å². The van der Waals surface area contributed by atoms with E-state index in [-0.39, 0.29) is 36.4 Å². The van der Waals surface area contributed by atoms with Gasteiger partial charge in [-0.25, -0.2) is 4.99 Å². The number of hydrogen-bond donors (Lipinski definition) is 2. The normalized spacial score (nSPS) is 15.4. The lowest BCUT2D eigenvalue weighted by Gasteiger charge is -2.19. The molecule has 0 saturated heterocycles. The number of aliphatic imine (C=N–C) groups is 1. The topological polar surface area (TPSA) is 75.2 Å². The maximum atomic E-state index is 11.7. The van der Waals surface area contributed by atoms with Gasteiger partial charge in [-0.1, -0.05) is 0 Å². The number of ether oxygens (including phenoxy) is 2. The van der Waals surface area contributed by atoms with Gasteiger partial charge in [0.25, 0.3) is 0 Å². The highest BCUT2D eigenvalue weighted by Crippen LogP contribution is 2.48. The molecule has 7 nitrogen and oxygen atoms in total. The van der Waals surface area contributed by atoms with Crippen LogP contribution in [0.15, 0.2) is 4.99 Å². The second-order valence-electron chi connectivity index (χ2n) is 6.17. The molecule has 0 aromatic heterocycles. The van der Waals surface area contributed by atoms with Crippen molar-refractivity contribution >= 4 is 35.8 Å². The number of carbonyl (C=O) groups excluding carboxylic acids is 1. The molecule has 0 aromatic carbocycles. The van der Waals surface area contributed by atoms with Crippen LogP contribution in [0, 0.1) is 5.41 Å². The molecule has 1 aliphatic rings. The van der Waals surface area contributed by atoms with E-state index >= 15 is 0 Å². The Bertz CT molecular complexity index is 388. The van der Waals surface area contributed by atoms with Crippen LogP contribution in [-0.2, 0) is 14.3 Å². The van der Waals surface area contributed by atoms with Crippen molar-refractivity contribution in [3.05, 3.63) is 0 Å². The minimum atomic E-state index is -0.0182. The average Bonchev–Trinajstić information content (AvgIpc) is 3.29.